The summed E-state index contributed by atoms with van der Waals surface area (Å²) in [6.07, 6.45) is -5.95. The second-order valence-corrected chi connectivity index (χ2v) is 3.54. The molecular formula is C10H8F4N2O5. The highest BCUT2D eigenvalue weighted by Crippen LogP contribution is 2.32. The minimum Gasteiger partial charge on any atom is -0.466 e. The van der Waals surface area contributed by atoms with Crippen LogP contribution in [0.1, 0.15) is 12.6 Å². The average Bonchev–Trinajstić information content (AvgIpc) is 2.24. The second kappa shape index (κ2) is 6.33. The van der Waals surface area contributed by atoms with Gasteiger partial charge in [0.15, 0.2) is 0 Å². The molecule has 0 saturated carbocycles. The maximum absolute atomic E-state index is 13.5. The topological polar surface area (TPSA) is 91.6 Å². The molecule has 21 heavy (non-hydrogen) atoms. The predicted octanol–water partition coefficient (Wildman–Crippen LogP) is 2.13. The van der Waals surface area contributed by atoms with E-state index in [0.29, 0.717) is 6.07 Å². The fourth-order valence-electron chi connectivity index (χ4n) is 1.33. The summed E-state index contributed by atoms with van der Waals surface area (Å²) in [5, 5.41) is 10.6. The first-order valence-corrected chi connectivity index (χ1v) is 5.39. The van der Waals surface area contributed by atoms with Crippen LogP contribution < -0.4 is 4.74 Å². The first-order valence-electron chi connectivity index (χ1n) is 5.39. The molecule has 0 aliphatic carbocycles. The Balaban J connectivity index is 3.20. The van der Waals surface area contributed by atoms with E-state index in [4.69, 9.17) is 0 Å². The summed E-state index contributed by atoms with van der Waals surface area (Å²) < 4.78 is 57.7. The Hall–Kier alpha value is -2.46. The molecule has 11 heteroatoms. The molecule has 0 unspecified atom stereocenters. The lowest BCUT2D eigenvalue weighted by atomic mass is 10.2. The number of carbonyl (C=O) groups is 1. The minimum absolute atomic E-state index is 0.000203. The van der Waals surface area contributed by atoms with Crippen molar-refractivity contribution in [2.75, 3.05) is 6.61 Å². The molecule has 1 aromatic heterocycles. The Morgan fingerprint density at radius 3 is 2.57 bits per heavy atom. The van der Waals surface area contributed by atoms with Gasteiger partial charge < -0.3 is 9.47 Å². The maximum Gasteiger partial charge on any atom is 0.574 e. The van der Waals surface area contributed by atoms with Gasteiger partial charge in [0.25, 0.3) is 0 Å². The first-order chi connectivity index (χ1) is 9.64. The number of ether oxygens (including phenoxy) is 2. The molecule has 7 nitrogen and oxygen atoms in total. The minimum atomic E-state index is -5.30. The Kier molecular flexibility index (Phi) is 5.00. The number of nitrogens with zero attached hydrogens (tertiary/aromatic N) is 2. The molecular weight excluding hydrogens is 304 g/mol. The Morgan fingerprint density at radius 2 is 2.10 bits per heavy atom. The molecule has 0 aromatic carbocycles. The molecule has 0 amide bonds. The summed E-state index contributed by atoms with van der Waals surface area (Å²) >= 11 is 0. The molecule has 0 fully saturated rings. The van der Waals surface area contributed by atoms with Gasteiger partial charge in [-0.15, -0.1) is 13.2 Å². The van der Waals surface area contributed by atoms with Crippen LogP contribution in [0.5, 0.6) is 5.88 Å². The van der Waals surface area contributed by atoms with E-state index in [-0.39, 0.29) is 6.61 Å². The predicted molar refractivity (Wildman–Crippen MR) is 57.9 cm³/mol. The molecule has 0 aliphatic rings. The molecule has 0 saturated heterocycles. The van der Waals surface area contributed by atoms with Gasteiger partial charge in [-0.25, -0.2) is 4.98 Å². The van der Waals surface area contributed by atoms with Crippen molar-refractivity contribution in [3.63, 3.8) is 0 Å². The smallest absolute Gasteiger partial charge is 0.466 e. The third-order valence-corrected chi connectivity index (χ3v) is 1.99. The van der Waals surface area contributed by atoms with Crippen LogP contribution in [0.3, 0.4) is 0 Å². The largest absolute Gasteiger partial charge is 0.574 e. The maximum atomic E-state index is 13.5. The lowest BCUT2D eigenvalue weighted by Gasteiger charge is -2.10. The van der Waals surface area contributed by atoms with Gasteiger partial charge >= 0.3 is 23.9 Å². The van der Waals surface area contributed by atoms with E-state index in [1.807, 2.05) is 0 Å². The van der Waals surface area contributed by atoms with Gasteiger partial charge in [-0.2, -0.15) is 4.39 Å². The van der Waals surface area contributed by atoms with Crippen molar-refractivity contribution in [3.8, 4) is 5.88 Å². The number of hydrogen-bond donors (Lipinski definition) is 0. The zero-order chi connectivity index (χ0) is 16.2. The number of esters is 1. The van der Waals surface area contributed by atoms with Gasteiger partial charge in [0, 0.05) is 6.07 Å². The van der Waals surface area contributed by atoms with Gasteiger partial charge in [-0.05, 0) is 6.92 Å². The van der Waals surface area contributed by atoms with Gasteiger partial charge in [-0.1, -0.05) is 0 Å². The van der Waals surface area contributed by atoms with Gasteiger partial charge in [-0.3, -0.25) is 14.9 Å². The molecule has 1 rings (SSSR count). The average molecular weight is 312 g/mol. The Bertz CT molecular complexity index is 561. The Labute approximate surface area is 114 Å². The van der Waals surface area contributed by atoms with E-state index in [1.54, 1.807) is 0 Å². The lowest BCUT2D eigenvalue weighted by Crippen LogP contribution is -2.20. The molecule has 1 aromatic rings. The van der Waals surface area contributed by atoms with Crippen LogP contribution in [0.25, 0.3) is 0 Å². The third-order valence-electron chi connectivity index (χ3n) is 1.99. The summed E-state index contributed by atoms with van der Waals surface area (Å²) in [5.74, 6) is -4.06. The summed E-state index contributed by atoms with van der Waals surface area (Å²) in [5.41, 5.74) is -2.06. The first kappa shape index (κ1) is 16.6. The standard InChI is InChI=1S/C10H8F4N2O5/c1-2-20-7(17)4-5-3-6(11)8(16(18)19)9(15-5)21-10(12,13)14/h3H,2,4H2,1H3. The van der Waals surface area contributed by atoms with Crippen LogP contribution >= 0.6 is 0 Å². The SMILES string of the molecule is CCOC(=O)Cc1cc(F)c([N+](=O)[O-])c(OC(F)(F)F)n1. The Morgan fingerprint density at radius 1 is 1.48 bits per heavy atom. The van der Waals surface area contributed by atoms with Crippen molar-refractivity contribution in [1.82, 2.24) is 4.98 Å². The monoisotopic (exact) mass is 312 g/mol. The number of halogens is 4. The van der Waals surface area contributed by atoms with Crippen LogP contribution in [0.2, 0.25) is 0 Å². The van der Waals surface area contributed by atoms with Gasteiger partial charge in [0.2, 0.25) is 5.82 Å². The number of aromatic nitrogens is 1. The lowest BCUT2D eigenvalue weighted by molar-refractivity contribution is -0.391. The molecule has 0 aliphatic heterocycles. The molecule has 0 bridgehead atoms. The summed E-state index contributed by atoms with van der Waals surface area (Å²) in [6, 6.07) is 0.471. The summed E-state index contributed by atoms with van der Waals surface area (Å²) in [7, 11) is 0. The van der Waals surface area contributed by atoms with Crippen molar-refractivity contribution in [2.24, 2.45) is 0 Å². The number of hydrogen-bond acceptors (Lipinski definition) is 6. The highest BCUT2D eigenvalue weighted by Gasteiger charge is 2.37. The number of nitro groups is 1. The van der Waals surface area contributed by atoms with Crippen molar-refractivity contribution in [2.45, 2.75) is 19.7 Å². The van der Waals surface area contributed by atoms with Crippen LogP contribution in [-0.2, 0) is 16.0 Å². The van der Waals surface area contributed by atoms with Gasteiger partial charge in [0.05, 0.1) is 23.6 Å². The molecule has 0 N–H and O–H groups in total. The van der Waals surface area contributed by atoms with E-state index in [9.17, 15) is 32.5 Å². The second-order valence-electron chi connectivity index (χ2n) is 3.54. The van der Waals surface area contributed by atoms with Crippen LogP contribution in [-0.4, -0.2) is 28.8 Å². The van der Waals surface area contributed by atoms with Crippen molar-refractivity contribution >= 4 is 11.7 Å². The quantitative estimate of drug-likeness (QED) is 0.358. The van der Waals surface area contributed by atoms with Crippen LogP contribution in [0.15, 0.2) is 6.07 Å². The summed E-state index contributed by atoms with van der Waals surface area (Å²) in [4.78, 5) is 23.4. The van der Waals surface area contributed by atoms with E-state index in [1.165, 1.54) is 6.92 Å². The molecule has 116 valence electrons. The van der Waals surface area contributed by atoms with E-state index in [2.05, 4.69) is 14.5 Å². The number of carbonyl (C=O) groups excluding carboxylic acids is 1. The number of rotatable bonds is 5. The molecule has 0 radical (unpaired) electrons. The molecule has 0 spiro atoms. The fraction of sp³-hybridized carbons (Fsp3) is 0.400. The van der Waals surface area contributed by atoms with Crippen molar-refractivity contribution in [3.05, 3.63) is 27.7 Å². The highest BCUT2D eigenvalue weighted by molar-refractivity contribution is 5.72. The summed E-state index contributed by atoms with van der Waals surface area (Å²) in [6.45, 7) is 1.49. The van der Waals surface area contributed by atoms with Crippen LogP contribution in [0.4, 0.5) is 23.2 Å². The fourth-order valence-corrected chi connectivity index (χ4v) is 1.33. The molecule has 1 heterocycles. The van der Waals surface area contributed by atoms with Crippen molar-refractivity contribution < 1.29 is 36.8 Å². The van der Waals surface area contributed by atoms with Gasteiger partial charge in [0.1, 0.15) is 0 Å². The van der Waals surface area contributed by atoms with E-state index < -0.39 is 46.8 Å². The van der Waals surface area contributed by atoms with E-state index in [0.717, 1.165) is 0 Å². The highest BCUT2D eigenvalue weighted by atomic mass is 19.4. The normalized spacial score (nSPS) is 11.1. The van der Waals surface area contributed by atoms with E-state index >= 15 is 0 Å². The zero-order valence-electron chi connectivity index (χ0n) is 10.4. The van der Waals surface area contributed by atoms with Crippen molar-refractivity contribution in [1.29, 1.82) is 0 Å². The van der Waals surface area contributed by atoms with Crippen LogP contribution in [0, 0.1) is 15.9 Å². The zero-order valence-corrected chi connectivity index (χ0v) is 10.4. The third kappa shape index (κ3) is 4.85. The number of pyridine rings is 1. The molecule has 0 atom stereocenters. The number of alkyl halides is 3.